The Bertz CT molecular complexity index is 1670. The average molecular weight is 482 g/mol. The van der Waals surface area contributed by atoms with Crippen molar-refractivity contribution in [2.24, 2.45) is 0 Å². The second-order valence-electron chi connectivity index (χ2n) is 8.82. The molecule has 0 radical (unpaired) electrons. The highest BCUT2D eigenvalue weighted by Crippen LogP contribution is 2.45. The fourth-order valence-corrected chi connectivity index (χ4v) is 4.81. The first kappa shape index (κ1) is 21.8. The first-order valence-electron chi connectivity index (χ1n) is 11.3. The van der Waals surface area contributed by atoms with Gasteiger partial charge in [-0.1, -0.05) is 48.5 Å². The van der Waals surface area contributed by atoms with Crippen LogP contribution < -0.4 is 11.1 Å². The van der Waals surface area contributed by atoms with Crippen LogP contribution in [0.25, 0.3) is 17.0 Å². The molecule has 3 N–H and O–H groups in total. The van der Waals surface area contributed by atoms with Crippen LogP contribution in [0.15, 0.2) is 72.9 Å². The number of anilines is 2. The number of imidazole rings is 1. The molecule has 1 aliphatic rings. The second-order valence-corrected chi connectivity index (χ2v) is 8.82. The zero-order valence-electron chi connectivity index (χ0n) is 19.2. The van der Waals surface area contributed by atoms with Crippen LogP contribution in [0.2, 0.25) is 0 Å². The number of aromatic nitrogens is 4. The van der Waals surface area contributed by atoms with E-state index in [9.17, 15) is 13.6 Å². The van der Waals surface area contributed by atoms with Crippen molar-refractivity contribution in [2.75, 3.05) is 11.1 Å². The lowest BCUT2D eigenvalue weighted by Gasteiger charge is -2.23. The van der Waals surface area contributed by atoms with E-state index in [1.54, 1.807) is 17.5 Å². The fourth-order valence-electron chi connectivity index (χ4n) is 4.81. The van der Waals surface area contributed by atoms with Gasteiger partial charge in [-0.2, -0.15) is 0 Å². The van der Waals surface area contributed by atoms with Crippen molar-refractivity contribution >= 4 is 23.1 Å². The monoisotopic (exact) mass is 482 g/mol. The van der Waals surface area contributed by atoms with Gasteiger partial charge in [-0.25, -0.2) is 23.7 Å². The van der Waals surface area contributed by atoms with Gasteiger partial charge in [0, 0.05) is 12.6 Å². The summed E-state index contributed by atoms with van der Waals surface area (Å²) in [5.74, 6) is -0.894. The Kier molecular flexibility index (Phi) is 4.82. The largest absolute Gasteiger partial charge is 0.383 e. The molecule has 1 aliphatic heterocycles. The van der Waals surface area contributed by atoms with Crippen LogP contribution >= 0.6 is 0 Å². The van der Waals surface area contributed by atoms with Gasteiger partial charge in [-0.05, 0) is 36.2 Å². The number of hydrogen-bond acceptors (Lipinski definition) is 5. The van der Waals surface area contributed by atoms with E-state index < -0.39 is 17.0 Å². The summed E-state index contributed by atoms with van der Waals surface area (Å²) in [4.78, 5) is 27.0. The molecule has 0 aliphatic carbocycles. The SMILES string of the molecule is CC1(c2ccccc2)C(=O)Nc2nc(-c3nc(Cc4cccc(F)c4F)n4ccccc34)nc(N)c21. The van der Waals surface area contributed by atoms with Crippen molar-refractivity contribution in [2.45, 2.75) is 18.8 Å². The summed E-state index contributed by atoms with van der Waals surface area (Å²) in [6, 6.07) is 18.8. The number of rotatable bonds is 4. The van der Waals surface area contributed by atoms with Crippen molar-refractivity contribution in [3.05, 3.63) is 107 Å². The normalized spacial score (nSPS) is 16.8. The lowest BCUT2D eigenvalue weighted by Crippen LogP contribution is -2.32. The van der Waals surface area contributed by atoms with Crippen LogP contribution in [0.5, 0.6) is 0 Å². The van der Waals surface area contributed by atoms with Crippen molar-refractivity contribution in [1.82, 2.24) is 19.4 Å². The van der Waals surface area contributed by atoms with Gasteiger partial charge in [0.25, 0.3) is 0 Å². The number of nitrogen functional groups attached to an aromatic ring is 1. The number of amides is 1. The van der Waals surface area contributed by atoms with E-state index in [4.69, 9.17) is 5.73 Å². The minimum Gasteiger partial charge on any atom is -0.383 e. The van der Waals surface area contributed by atoms with Crippen LogP contribution in [0.1, 0.15) is 29.4 Å². The Morgan fingerprint density at radius 2 is 1.75 bits per heavy atom. The van der Waals surface area contributed by atoms with Gasteiger partial charge in [-0.3, -0.25) is 4.79 Å². The van der Waals surface area contributed by atoms with Gasteiger partial charge in [0.05, 0.1) is 11.1 Å². The van der Waals surface area contributed by atoms with E-state index in [-0.39, 0.29) is 29.5 Å². The van der Waals surface area contributed by atoms with E-state index in [1.165, 1.54) is 12.1 Å². The van der Waals surface area contributed by atoms with Gasteiger partial charge in [-0.15, -0.1) is 0 Å². The summed E-state index contributed by atoms with van der Waals surface area (Å²) < 4.78 is 29.9. The van der Waals surface area contributed by atoms with E-state index in [0.29, 0.717) is 28.4 Å². The number of pyridine rings is 1. The molecule has 5 aromatic rings. The molecule has 0 spiro atoms. The quantitative estimate of drug-likeness (QED) is 0.393. The minimum absolute atomic E-state index is 0.0536. The molecule has 6 rings (SSSR count). The molecular formula is C27H20F2N6O. The average Bonchev–Trinajstić information content (AvgIpc) is 3.38. The van der Waals surface area contributed by atoms with Gasteiger partial charge in [0.2, 0.25) is 5.91 Å². The maximum absolute atomic E-state index is 14.4. The first-order valence-corrected chi connectivity index (χ1v) is 11.3. The highest BCUT2D eigenvalue weighted by Gasteiger charge is 2.47. The molecule has 178 valence electrons. The van der Waals surface area contributed by atoms with Crippen molar-refractivity contribution in [3.8, 4) is 11.5 Å². The number of fused-ring (bicyclic) bond motifs is 2. The number of carbonyl (C=O) groups excluding carboxylic acids is 1. The summed E-state index contributed by atoms with van der Waals surface area (Å²) in [6.07, 6.45) is 1.83. The lowest BCUT2D eigenvalue weighted by atomic mass is 9.78. The summed E-state index contributed by atoms with van der Waals surface area (Å²) in [7, 11) is 0. The van der Waals surface area contributed by atoms with E-state index in [2.05, 4.69) is 20.3 Å². The molecule has 0 saturated heterocycles. The van der Waals surface area contributed by atoms with Gasteiger partial charge >= 0.3 is 0 Å². The Balaban J connectivity index is 1.49. The van der Waals surface area contributed by atoms with Gasteiger partial charge in [0.1, 0.15) is 28.6 Å². The number of nitrogens with two attached hydrogens (primary N) is 1. The predicted octanol–water partition coefficient (Wildman–Crippen LogP) is 4.50. The Hall–Kier alpha value is -4.66. The standard InChI is InChI=1S/C27H20F2N6O/c1-27(16-9-3-2-4-10-16)20-23(30)32-25(33-24(20)34-26(27)36)22-18-12-5-6-13-35(18)19(31-22)14-15-8-7-11-17(28)21(15)29/h2-13H,14H2,1H3,(H3,30,32,33,34,36). The van der Waals surface area contributed by atoms with E-state index in [0.717, 1.165) is 11.6 Å². The van der Waals surface area contributed by atoms with Crippen LogP contribution in [0.3, 0.4) is 0 Å². The Labute approximate surface area is 204 Å². The number of benzene rings is 2. The van der Waals surface area contributed by atoms with E-state index in [1.807, 2.05) is 48.5 Å². The van der Waals surface area contributed by atoms with Crippen LogP contribution in [-0.4, -0.2) is 25.3 Å². The molecule has 36 heavy (non-hydrogen) atoms. The molecule has 9 heteroatoms. The van der Waals surface area contributed by atoms with Crippen LogP contribution in [0, 0.1) is 11.6 Å². The number of halogens is 2. The molecular weight excluding hydrogens is 462 g/mol. The maximum Gasteiger partial charge on any atom is 0.240 e. The van der Waals surface area contributed by atoms with Crippen LogP contribution in [-0.2, 0) is 16.6 Å². The highest BCUT2D eigenvalue weighted by atomic mass is 19.2. The van der Waals surface area contributed by atoms with Gasteiger partial charge in [0.15, 0.2) is 17.5 Å². The lowest BCUT2D eigenvalue weighted by molar-refractivity contribution is -0.119. The summed E-state index contributed by atoms with van der Waals surface area (Å²) in [6.45, 7) is 1.79. The number of nitrogens with zero attached hydrogens (tertiary/aromatic N) is 4. The Morgan fingerprint density at radius 3 is 2.56 bits per heavy atom. The molecule has 3 aromatic heterocycles. The summed E-state index contributed by atoms with van der Waals surface area (Å²) >= 11 is 0. The topological polar surface area (TPSA) is 98.2 Å². The van der Waals surface area contributed by atoms with Crippen molar-refractivity contribution in [3.63, 3.8) is 0 Å². The first-order chi connectivity index (χ1) is 17.4. The van der Waals surface area contributed by atoms with Crippen molar-refractivity contribution in [1.29, 1.82) is 0 Å². The highest BCUT2D eigenvalue weighted by molar-refractivity contribution is 6.09. The molecule has 2 aromatic carbocycles. The van der Waals surface area contributed by atoms with E-state index >= 15 is 0 Å². The molecule has 0 saturated carbocycles. The van der Waals surface area contributed by atoms with Gasteiger partial charge < -0.3 is 15.5 Å². The molecule has 1 atom stereocenters. The number of nitrogens with one attached hydrogen (secondary N) is 1. The fraction of sp³-hybridized carbons (Fsp3) is 0.111. The third kappa shape index (κ3) is 3.16. The zero-order chi connectivity index (χ0) is 25.0. The smallest absolute Gasteiger partial charge is 0.240 e. The maximum atomic E-state index is 14.4. The predicted molar refractivity (Wildman–Crippen MR) is 131 cm³/mol. The second kappa shape index (κ2) is 7.94. The molecule has 1 unspecified atom stereocenters. The van der Waals surface area contributed by atoms with Crippen LogP contribution in [0.4, 0.5) is 20.4 Å². The molecule has 7 nitrogen and oxygen atoms in total. The third-order valence-electron chi connectivity index (χ3n) is 6.69. The number of carbonyl (C=O) groups is 1. The molecule has 0 bridgehead atoms. The van der Waals surface area contributed by atoms with Crippen molar-refractivity contribution < 1.29 is 13.6 Å². The number of hydrogen-bond donors (Lipinski definition) is 2. The minimum atomic E-state index is -1.05. The molecule has 4 heterocycles. The molecule has 1 amide bonds. The Morgan fingerprint density at radius 1 is 0.972 bits per heavy atom. The zero-order valence-corrected chi connectivity index (χ0v) is 19.2. The summed E-state index contributed by atoms with van der Waals surface area (Å²) in [5.41, 5.74) is 7.92. The summed E-state index contributed by atoms with van der Waals surface area (Å²) in [5, 5.41) is 2.85. The third-order valence-corrected chi connectivity index (χ3v) is 6.69. The molecule has 0 fully saturated rings.